The molecule has 1 aromatic carbocycles. The number of amides is 2. The van der Waals surface area contributed by atoms with E-state index < -0.39 is 28.3 Å². The second kappa shape index (κ2) is 6.98. The van der Waals surface area contributed by atoms with Crippen LogP contribution in [0.15, 0.2) is 21.5 Å². The van der Waals surface area contributed by atoms with Crippen molar-refractivity contribution in [1.82, 2.24) is 9.78 Å². The highest BCUT2D eigenvalue weighted by molar-refractivity contribution is 7.91. The van der Waals surface area contributed by atoms with E-state index in [4.69, 9.17) is 9.88 Å². The van der Waals surface area contributed by atoms with E-state index in [1.807, 2.05) is 19.9 Å². The van der Waals surface area contributed by atoms with Gasteiger partial charge in [-0.1, -0.05) is 19.9 Å². The fraction of sp³-hybridized carbons (Fsp3) is 0.524. The van der Waals surface area contributed by atoms with Crippen molar-refractivity contribution in [3.63, 3.8) is 0 Å². The minimum Gasteiger partial charge on any atom is -0.476 e. The molecule has 2 aromatic rings. The average molecular weight is 466 g/mol. The number of fused-ring (bicyclic) bond motifs is 3. The van der Waals surface area contributed by atoms with Crippen LogP contribution in [-0.4, -0.2) is 32.5 Å². The van der Waals surface area contributed by atoms with Gasteiger partial charge in [0, 0.05) is 23.9 Å². The molecule has 2 amide bonds. The SMILES string of the molecule is CC1(C)COc2c(S(N)(=O)=NC(=O)Nc3c4c(cc5c3CC(F)(F)C5)CCC4)cnn2C1. The molecule has 11 heteroatoms. The van der Waals surface area contributed by atoms with Gasteiger partial charge in [-0.05, 0) is 41.5 Å². The minimum atomic E-state index is -3.66. The van der Waals surface area contributed by atoms with Crippen LogP contribution in [0.5, 0.6) is 5.88 Å². The van der Waals surface area contributed by atoms with Crippen LogP contribution < -0.4 is 15.2 Å². The zero-order valence-corrected chi connectivity index (χ0v) is 18.7. The molecule has 32 heavy (non-hydrogen) atoms. The first-order valence-electron chi connectivity index (χ1n) is 10.5. The molecule has 1 atom stereocenters. The maximum absolute atomic E-state index is 14.1. The number of aromatic nitrogens is 2. The molecule has 0 bridgehead atoms. The van der Waals surface area contributed by atoms with Crippen molar-refractivity contribution in [2.24, 2.45) is 14.9 Å². The fourth-order valence-electron chi connectivity index (χ4n) is 4.80. The van der Waals surface area contributed by atoms with Gasteiger partial charge in [0.25, 0.3) is 5.92 Å². The predicted molar refractivity (Wildman–Crippen MR) is 114 cm³/mol. The fourth-order valence-corrected chi connectivity index (χ4v) is 5.80. The van der Waals surface area contributed by atoms with Gasteiger partial charge in [0.1, 0.15) is 4.90 Å². The van der Waals surface area contributed by atoms with Gasteiger partial charge in [-0.3, -0.25) is 0 Å². The summed E-state index contributed by atoms with van der Waals surface area (Å²) in [4.78, 5) is 12.8. The Morgan fingerprint density at radius 2 is 2.06 bits per heavy atom. The monoisotopic (exact) mass is 465 g/mol. The molecule has 3 aliphatic rings. The number of carbonyl (C=O) groups excluding carboxylic acids is 1. The highest BCUT2D eigenvalue weighted by Gasteiger charge is 2.40. The predicted octanol–water partition coefficient (Wildman–Crippen LogP) is 3.46. The van der Waals surface area contributed by atoms with Crippen LogP contribution in [0, 0.1) is 5.41 Å². The van der Waals surface area contributed by atoms with Gasteiger partial charge in [0.05, 0.1) is 19.3 Å². The summed E-state index contributed by atoms with van der Waals surface area (Å²) in [5.74, 6) is -2.62. The molecule has 0 saturated carbocycles. The molecule has 2 heterocycles. The summed E-state index contributed by atoms with van der Waals surface area (Å²) in [6, 6.07) is 0.890. The Bertz CT molecular complexity index is 1260. The smallest absolute Gasteiger partial charge is 0.354 e. The molecular weight excluding hydrogens is 440 g/mol. The Morgan fingerprint density at radius 1 is 1.28 bits per heavy atom. The third-order valence-corrected chi connectivity index (χ3v) is 7.53. The Balaban J connectivity index is 1.48. The number of urea groups is 1. The maximum Gasteiger partial charge on any atom is 0.354 e. The third-order valence-electron chi connectivity index (χ3n) is 6.19. The van der Waals surface area contributed by atoms with Crippen molar-refractivity contribution in [2.75, 3.05) is 11.9 Å². The van der Waals surface area contributed by atoms with Gasteiger partial charge in [-0.25, -0.2) is 27.6 Å². The number of rotatable bonds is 2. The van der Waals surface area contributed by atoms with Gasteiger partial charge in [-0.15, -0.1) is 4.36 Å². The normalized spacial score (nSPS) is 21.7. The first-order chi connectivity index (χ1) is 14.9. The Morgan fingerprint density at radius 3 is 2.84 bits per heavy atom. The molecule has 0 spiro atoms. The van der Waals surface area contributed by atoms with Gasteiger partial charge >= 0.3 is 6.03 Å². The number of halogens is 2. The summed E-state index contributed by atoms with van der Waals surface area (Å²) < 4.78 is 52.3. The van der Waals surface area contributed by atoms with Crippen LogP contribution in [0.3, 0.4) is 0 Å². The van der Waals surface area contributed by atoms with Crippen molar-refractivity contribution in [3.8, 4) is 5.88 Å². The summed E-state index contributed by atoms with van der Waals surface area (Å²) in [7, 11) is -3.66. The van der Waals surface area contributed by atoms with Crippen LogP contribution in [0.25, 0.3) is 0 Å². The number of benzene rings is 1. The number of aryl methyl sites for hydroxylation is 1. The molecule has 0 fully saturated rings. The number of hydrogen-bond donors (Lipinski definition) is 2. The standard InChI is InChI=1S/C21H25F2N5O3S/c1-20(2)10-28-18(31-11-20)16(9-25-28)32(24,30)27-19(29)26-17-14-5-3-4-12(14)6-13-7-21(22,23)8-15(13)17/h6,9H,3-5,7-8,10-11H2,1-2H3,(H3,24,26,27,29,30). The second-order valence-electron chi connectivity index (χ2n) is 9.60. The summed E-state index contributed by atoms with van der Waals surface area (Å²) in [5.41, 5.74) is 2.99. The zero-order chi connectivity index (χ0) is 22.9. The van der Waals surface area contributed by atoms with Crippen LogP contribution in [0.2, 0.25) is 0 Å². The lowest BCUT2D eigenvalue weighted by atomic mass is 9.94. The molecule has 2 aliphatic carbocycles. The number of nitrogens with two attached hydrogens (primary N) is 1. The Hall–Kier alpha value is -2.53. The van der Waals surface area contributed by atoms with Crippen molar-refractivity contribution in [3.05, 3.63) is 34.5 Å². The Kier molecular flexibility index (Phi) is 4.65. The number of anilines is 1. The molecule has 0 saturated heterocycles. The number of carbonyl (C=O) groups is 1. The number of hydrogen-bond acceptors (Lipinski definition) is 4. The van der Waals surface area contributed by atoms with Gasteiger partial charge in [-0.2, -0.15) is 5.10 Å². The van der Waals surface area contributed by atoms with Crippen LogP contribution >= 0.6 is 0 Å². The van der Waals surface area contributed by atoms with Crippen molar-refractivity contribution in [1.29, 1.82) is 0 Å². The molecular formula is C21H25F2N5O3S. The molecule has 0 radical (unpaired) electrons. The molecule has 5 rings (SSSR count). The highest BCUT2D eigenvalue weighted by Crippen LogP contribution is 2.43. The van der Waals surface area contributed by atoms with E-state index in [0.717, 1.165) is 24.0 Å². The summed E-state index contributed by atoms with van der Waals surface area (Å²) >= 11 is 0. The first-order valence-corrected chi connectivity index (χ1v) is 12.1. The molecule has 1 aromatic heterocycles. The molecule has 3 N–H and O–H groups in total. The van der Waals surface area contributed by atoms with Crippen LogP contribution in [0.1, 0.15) is 42.5 Å². The van der Waals surface area contributed by atoms with Gasteiger partial charge in [0.15, 0.2) is 9.92 Å². The van der Waals surface area contributed by atoms with Crippen molar-refractivity contribution < 1.29 is 22.5 Å². The van der Waals surface area contributed by atoms with Crippen molar-refractivity contribution in [2.45, 2.75) is 63.3 Å². The average Bonchev–Trinajstić information content (AvgIpc) is 3.35. The summed E-state index contributed by atoms with van der Waals surface area (Å²) in [5, 5.41) is 12.7. The van der Waals surface area contributed by atoms with E-state index >= 15 is 0 Å². The minimum absolute atomic E-state index is 0.0400. The van der Waals surface area contributed by atoms with Crippen LogP contribution in [0.4, 0.5) is 19.3 Å². The molecule has 1 unspecified atom stereocenters. The van der Waals surface area contributed by atoms with Crippen LogP contribution in [-0.2, 0) is 42.1 Å². The summed E-state index contributed by atoms with van der Waals surface area (Å²) in [6.07, 6.45) is 2.86. The lowest BCUT2D eigenvalue weighted by Crippen LogP contribution is -2.33. The second-order valence-corrected chi connectivity index (χ2v) is 11.4. The zero-order valence-electron chi connectivity index (χ0n) is 17.9. The first kappa shape index (κ1) is 21.3. The molecule has 172 valence electrons. The van der Waals surface area contributed by atoms with Crippen molar-refractivity contribution >= 4 is 21.6 Å². The maximum atomic E-state index is 14.1. The highest BCUT2D eigenvalue weighted by atomic mass is 32.2. The van der Waals surface area contributed by atoms with E-state index in [1.54, 1.807) is 4.68 Å². The third kappa shape index (κ3) is 3.66. The lowest BCUT2D eigenvalue weighted by Gasteiger charge is -2.30. The van der Waals surface area contributed by atoms with E-state index in [-0.39, 0.29) is 22.6 Å². The Labute approximate surface area is 184 Å². The number of nitrogens with zero attached hydrogens (tertiary/aromatic N) is 3. The molecule has 1 aliphatic heterocycles. The summed E-state index contributed by atoms with van der Waals surface area (Å²) in [6.45, 7) is 4.94. The number of nitrogens with one attached hydrogen (secondary N) is 1. The van der Waals surface area contributed by atoms with E-state index in [0.29, 0.717) is 36.4 Å². The number of alkyl halides is 2. The van der Waals surface area contributed by atoms with E-state index in [1.165, 1.54) is 6.20 Å². The topological polar surface area (TPSA) is 112 Å². The largest absolute Gasteiger partial charge is 0.476 e. The quantitative estimate of drug-likeness (QED) is 0.707. The molecule has 8 nitrogen and oxygen atoms in total. The van der Waals surface area contributed by atoms with E-state index in [9.17, 15) is 17.8 Å². The lowest BCUT2D eigenvalue weighted by molar-refractivity contribution is 0.0131. The van der Waals surface area contributed by atoms with Gasteiger partial charge in [0.2, 0.25) is 5.88 Å². The van der Waals surface area contributed by atoms with E-state index in [2.05, 4.69) is 14.8 Å². The number of ether oxygens (including phenoxy) is 1. The van der Waals surface area contributed by atoms with Gasteiger partial charge < -0.3 is 10.1 Å².